The molecule has 168 valence electrons. The van der Waals surface area contributed by atoms with Crippen LogP contribution in [0.1, 0.15) is 46.6 Å². The molecule has 1 saturated heterocycles. The summed E-state index contributed by atoms with van der Waals surface area (Å²) >= 11 is 0. The van der Waals surface area contributed by atoms with Gasteiger partial charge in [-0.2, -0.15) is 10.2 Å². The Bertz CT molecular complexity index is 1230. The maximum absolute atomic E-state index is 10.6. The number of nitrogens with zero attached hydrogens (tertiary/aromatic N) is 5. The highest BCUT2D eigenvalue weighted by atomic mass is 35.5. The molecule has 0 spiro atoms. The summed E-state index contributed by atoms with van der Waals surface area (Å²) in [5, 5.41) is 35.6. The lowest BCUT2D eigenvalue weighted by molar-refractivity contribution is 0.128. The minimum atomic E-state index is 0. The molecule has 32 heavy (non-hydrogen) atoms. The Balaban J connectivity index is 0.00000245. The van der Waals surface area contributed by atoms with Gasteiger partial charge < -0.3 is 10.4 Å². The lowest BCUT2D eigenvalue weighted by Gasteiger charge is -2.46. The lowest BCUT2D eigenvalue weighted by Crippen LogP contribution is -2.58. The van der Waals surface area contributed by atoms with Crippen molar-refractivity contribution in [1.82, 2.24) is 35.5 Å². The predicted molar refractivity (Wildman–Crippen MR) is 127 cm³/mol. The second-order valence-corrected chi connectivity index (χ2v) is 9.77. The first-order valence-corrected chi connectivity index (χ1v) is 10.5. The zero-order valence-electron chi connectivity index (χ0n) is 18.6. The van der Waals surface area contributed by atoms with Crippen molar-refractivity contribution in [2.45, 2.75) is 57.7 Å². The summed E-state index contributed by atoms with van der Waals surface area (Å²) in [6, 6.07) is 7.70. The summed E-state index contributed by atoms with van der Waals surface area (Å²) in [7, 11) is 0. The first kappa shape index (κ1) is 22.2. The van der Waals surface area contributed by atoms with Crippen LogP contribution in [-0.4, -0.2) is 46.4 Å². The number of halogens is 1. The molecule has 0 bridgehead atoms. The highest BCUT2D eigenvalue weighted by molar-refractivity contribution is 5.85. The van der Waals surface area contributed by atoms with Gasteiger partial charge in [0.15, 0.2) is 5.65 Å². The topological polar surface area (TPSA) is 105 Å². The molecular formula is C23H28ClN7O. The zero-order chi connectivity index (χ0) is 21.8. The monoisotopic (exact) mass is 453 g/mol. The van der Waals surface area contributed by atoms with Gasteiger partial charge in [0.2, 0.25) is 0 Å². The maximum Gasteiger partial charge on any atom is 0.180 e. The third-order valence-electron chi connectivity index (χ3n) is 5.96. The third-order valence-corrected chi connectivity index (χ3v) is 5.96. The normalized spacial score (nSPS) is 17.9. The van der Waals surface area contributed by atoms with Gasteiger partial charge in [-0.15, -0.1) is 22.6 Å². The van der Waals surface area contributed by atoms with E-state index in [2.05, 4.69) is 58.5 Å². The second kappa shape index (κ2) is 7.86. The molecule has 1 aliphatic heterocycles. The smallest absolute Gasteiger partial charge is 0.180 e. The molecule has 0 unspecified atom stereocenters. The number of aromatic amines is 1. The second-order valence-electron chi connectivity index (χ2n) is 9.77. The average Bonchev–Trinajstić information content (AvgIpc) is 3.35. The first-order valence-electron chi connectivity index (χ1n) is 10.5. The summed E-state index contributed by atoms with van der Waals surface area (Å²) in [6.45, 7) is 8.91. The standard InChI is InChI=1S/C23H27N7O.ClH/c1-22(2)9-17(10-23(3,4)29-22)30-21-15(13-26-30)7-19(27-28-21)18-6-5-14(8-20(18)31)16-11-24-25-12-16;/h5-8,11-13,17,29,31H,9-10H2,1-4H3,(H,24,25);1H. The molecular weight excluding hydrogens is 426 g/mol. The van der Waals surface area contributed by atoms with E-state index in [1.807, 2.05) is 29.1 Å². The molecule has 4 heterocycles. The van der Waals surface area contributed by atoms with Gasteiger partial charge in [0.1, 0.15) is 5.75 Å². The summed E-state index contributed by atoms with van der Waals surface area (Å²) in [4.78, 5) is 0. The highest BCUT2D eigenvalue weighted by Crippen LogP contribution is 2.37. The fourth-order valence-corrected chi connectivity index (χ4v) is 5.03. The SMILES string of the molecule is CC1(C)CC(n2ncc3cc(-c4ccc(-c5cn[nH]c5)cc4O)nnc32)CC(C)(C)N1.Cl. The van der Waals surface area contributed by atoms with E-state index in [1.165, 1.54) is 0 Å². The van der Waals surface area contributed by atoms with Gasteiger partial charge in [-0.3, -0.25) is 5.10 Å². The molecule has 8 nitrogen and oxygen atoms in total. The molecule has 0 atom stereocenters. The molecule has 9 heteroatoms. The van der Waals surface area contributed by atoms with Crippen LogP contribution in [0.15, 0.2) is 42.9 Å². The van der Waals surface area contributed by atoms with Crippen LogP contribution < -0.4 is 5.32 Å². The van der Waals surface area contributed by atoms with E-state index >= 15 is 0 Å². The van der Waals surface area contributed by atoms with Crippen molar-refractivity contribution in [2.75, 3.05) is 0 Å². The first-order chi connectivity index (χ1) is 14.7. The Morgan fingerprint density at radius 1 is 1.00 bits per heavy atom. The van der Waals surface area contributed by atoms with Gasteiger partial charge in [0, 0.05) is 33.8 Å². The number of hydrogen-bond acceptors (Lipinski definition) is 6. The fourth-order valence-electron chi connectivity index (χ4n) is 5.03. The van der Waals surface area contributed by atoms with Crippen LogP contribution in [0.4, 0.5) is 0 Å². The minimum Gasteiger partial charge on any atom is -0.507 e. The molecule has 1 fully saturated rings. The van der Waals surface area contributed by atoms with Crippen molar-refractivity contribution in [3.8, 4) is 28.1 Å². The Labute approximate surface area is 192 Å². The van der Waals surface area contributed by atoms with E-state index in [-0.39, 0.29) is 35.3 Å². The Morgan fingerprint density at radius 2 is 1.75 bits per heavy atom. The van der Waals surface area contributed by atoms with Gasteiger partial charge in [0.25, 0.3) is 0 Å². The highest BCUT2D eigenvalue weighted by Gasteiger charge is 2.39. The molecule has 3 aromatic heterocycles. The quantitative estimate of drug-likeness (QED) is 0.422. The van der Waals surface area contributed by atoms with E-state index in [9.17, 15) is 5.11 Å². The summed E-state index contributed by atoms with van der Waals surface area (Å²) in [5.74, 6) is 0.154. The third kappa shape index (κ3) is 4.08. The van der Waals surface area contributed by atoms with E-state index < -0.39 is 0 Å². The minimum absolute atomic E-state index is 0. The Morgan fingerprint density at radius 3 is 2.41 bits per heavy atom. The van der Waals surface area contributed by atoms with Crippen molar-refractivity contribution >= 4 is 23.4 Å². The van der Waals surface area contributed by atoms with Crippen LogP contribution in [-0.2, 0) is 0 Å². The van der Waals surface area contributed by atoms with Crippen LogP contribution in [0.3, 0.4) is 0 Å². The number of rotatable bonds is 3. The van der Waals surface area contributed by atoms with Crippen molar-refractivity contribution in [3.05, 3.63) is 42.9 Å². The van der Waals surface area contributed by atoms with Gasteiger partial charge in [-0.05, 0) is 64.3 Å². The number of fused-ring (bicyclic) bond motifs is 1. The summed E-state index contributed by atoms with van der Waals surface area (Å²) < 4.78 is 2.01. The number of H-pyrrole nitrogens is 1. The number of phenols is 1. The predicted octanol–water partition coefficient (Wildman–Crippen LogP) is 4.49. The van der Waals surface area contributed by atoms with E-state index in [1.54, 1.807) is 18.5 Å². The van der Waals surface area contributed by atoms with E-state index in [0.29, 0.717) is 11.3 Å². The van der Waals surface area contributed by atoms with Crippen molar-refractivity contribution in [3.63, 3.8) is 0 Å². The number of piperidine rings is 1. The maximum atomic E-state index is 10.6. The van der Waals surface area contributed by atoms with Crippen LogP contribution in [0, 0.1) is 0 Å². The molecule has 3 N–H and O–H groups in total. The van der Waals surface area contributed by atoms with Crippen LogP contribution in [0.5, 0.6) is 5.75 Å². The van der Waals surface area contributed by atoms with Crippen molar-refractivity contribution in [1.29, 1.82) is 0 Å². The van der Waals surface area contributed by atoms with Gasteiger partial charge in [-0.25, -0.2) is 4.68 Å². The van der Waals surface area contributed by atoms with Crippen LogP contribution >= 0.6 is 12.4 Å². The molecule has 0 radical (unpaired) electrons. The number of hydrogen-bond donors (Lipinski definition) is 3. The number of benzene rings is 1. The zero-order valence-corrected chi connectivity index (χ0v) is 19.4. The Hall–Kier alpha value is -2.97. The largest absolute Gasteiger partial charge is 0.507 e. The van der Waals surface area contributed by atoms with Gasteiger partial charge in [0.05, 0.1) is 24.1 Å². The molecule has 0 saturated carbocycles. The lowest BCUT2D eigenvalue weighted by atomic mass is 9.79. The number of aromatic nitrogens is 6. The fraction of sp³-hybridized carbons (Fsp3) is 0.391. The molecule has 1 aromatic carbocycles. The van der Waals surface area contributed by atoms with E-state index in [0.717, 1.165) is 35.0 Å². The molecule has 4 aromatic rings. The number of nitrogens with one attached hydrogen (secondary N) is 2. The van der Waals surface area contributed by atoms with Crippen LogP contribution in [0.25, 0.3) is 33.4 Å². The van der Waals surface area contributed by atoms with E-state index in [4.69, 9.17) is 0 Å². The molecule has 0 amide bonds. The van der Waals surface area contributed by atoms with Crippen molar-refractivity contribution < 1.29 is 5.11 Å². The average molecular weight is 454 g/mol. The molecule has 5 rings (SSSR count). The molecule has 0 aliphatic carbocycles. The van der Waals surface area contributed by atoms with Gasteiger partial charge in [-0.1, -0.05) is 6.07 Å². The van der Waals surface area contributed by atoms with Crippen LogP contribution in [0.2, 0.25) is 0 Å². The number of aromatic hydroxyl groups is 1. The molecule has 1 aliphatic rings. The summed E-state index contributed by atoms with van der Waals surface area (Å²) in [6.07, 6.45) is 7.28. The summed E-state index contributed by atoms with van der Waals surface area (Å²) in [5.41, 5.74) is 3.86. The Kier molecular flexibility index (Phi) is 5.46. The number of phenolic OH excluding ortho intramolecular Hbond substituents is 1. The van der Waals surface area contributed by atoms with Crippen molar-refractivity contribution in [2.24, 2.45) is 0 Å². The van der Waals surface area contributed by atoms with Gasteiger partial charge >= 0.3 is 0 Å².